The number of hydrazone groups is 1. The molecule has 0 bridgehead atoms. The first-order chi connectivity index (χ1) is 13.1. The highest BCUT2D eigenvalue weighted by atomic mass is 35.5. The van der Waals surface area contributed by atoms with Crippen LogP contribution in [-0.4, -0.2) is 18.7 Å². The van der Waals surface area contributed by atoms with Crippen LogP contribution < -0.4 is 10.2 Å². The number of nitrogens with zero attached hydrogens (tertiary/aromatic N) is 1. The molecule has 0 aliphatic carbocycles. The van der Waals surface area contributed by atoms with Crippen LogP contribution in [0.1, 0.15) is 5.56 Å². The molecule has 3 rings (SSSR count). The second-order valence-electron chi connectivity index (χ2n) is 5.64. The van der Waals surface area contributed by atoms with Crippen LogP contribution in [0.5, 0.6) is 5.75 Å². The number of rotatable bonds is 6. The Kier molecular flexibility index (Phi) is 6.47. The van der Waals surface area contributed by atoms with Crippen LogP contribution >= 0.6 is 23.2 Å². The molecule has 0 unspecified atom stereocenters. The second-order valence-corrected chi connectivity index (χ2v) is 6.48. The van der Waals surface area contributed by atoms with Gasteiger partial charge in [-0.15, -0.1) is 0 Å². The van der Waals surface area contributed by atoms with E-state index in [1.807, 2.05) is 54.6 Å². The summed E-state index contributed by atoms with van der Waals surface area (Å²) in [5.41, 5.74) is 5.25. The summed E-state index contributed by atoms with van der Waals surface area (Å²) >= 11 is 11.9. The van der Waals surface area contributed by atoms with Crippen LogP contribution in [0.4, 0.5) is 0 Å². The van der Waals surface area contributed by atoms with Crippen LogP contribution in [0.2, 0.25) is 10.0 Å². The van der Waals surface area contributed by atoms with Gasteiger partial charge in [-0.05, 0) is 35.4 Å². The number of nitrogens with one attached hydrogen (secondary N) is 1. The molecule has 136 valence electrons. The van der Waals surface area contributed by atoms with Gasteiger partial charge in [0.1, 0.15) is 5.75 Å². The number of amides is 1. The smallest absolute Gasteiger partial charge is 0.277 e. The third-order valence-corrected chi connectivity index (χ3v) is 4.25. The lowest BCUT2D eigenvalue weighted by molar-refractivity contribution is -0.123. The van der Waals surface area contributed by atoms with Crippen LogP contribution in [0.3, 0.4) is 0 Å². The van der Waals surface area contributed by atoms with Crippen molar-refractivity contribution in [3.05, 3.63) is 88.4 Å². The zero-order valence-electron chi connectivity index (χ0n) is 14.2. The summed E-state index contributed by atoms with van der Waals surface area (Å²) in [4.78, 5) is 11.8. The van der Waals surface area contributed by atoms with Gasteiger partial charge in [0.05, 0.1) is 11.2 Å². The van der Waals surface area contributed by atoms with Gasteiger partial charge < -0.3 is 4.74 Å². The fraction of sp³-hybridized carbons (Fsp3) is 0.0476. The summed E-state index contributed by atoms with van der Waals surface area (Å²) in [6.45, 7) is -0.142. The minimum absolute atomic E-state index is 0.142. The molecular formula is C21H16Cl2N2O2. The third kappa shape index (κ3) is 5.58. The van der Waals surface area contributed by atoms with E-state index in [4.69, 9.17) is 27.9 Å². The summed E-state index contributed by atoms with van der Waals surface area (Å²) in [6.07, 6.45) is 1.45. The predicted molar refractivity (Wildman–Crippen MR) is 110 cm³/mol. The molecule has 0 aliphatic heterocycles. The highest BCUT2D eigenvalue weighted by Gasteiger charge is 2.03. The summed E-state index contributed by atoms with van der Waals surface area (Å²) < 4.78 is 5.47. The highest BCUT2D eigenvalue weighted by Crippen LogP contribution is 2.22. The first-order valence-corrected chi connectivity index (χ1v) is 8.92. The Hall–Kier alpha value is -2.82. The van der Waals surface area contributed by atoms with E-state index in [2.05, 4.69) is 10.5 Å². The molecular weight excluding hydrogens is 383 g/mol. The van der Waals surface area contributed by atoms with E-state index in [1.54, 1.807) is 18.2 Å². The minimum atomic E-state index is -0.372. The number of hydrogen-bond acceptors (Lipinski definition) is 3. The standard InChI is InChI=1S/C21H16Cl2N2O2/c22-18-9-6-17(20(23)12-18)13-24-25-21(26)14-27-19-10-7-16(8-11-19)15-4-2-1-3-5-15/h1-13H,14H2,(H,25,26). The molecule has 1 N–H and O–H groups in total. The maximum atomic E-state index is 11.8. The van der Waals surface area contributed by atoms with Gasteiger partial charge in [0, 0.05) is 10.6 Å². The quantitative estimate of drug-likeness (QED) is 0.458. The van der Waals surface area contributed by atoms with Gasteiger partial charge in [-0.1, -0.05) is 71.7 Å². The van der Waals surface area contributed by atoms with Gasteiger partial charge in [0.2, 0.25) is 0 Å². The molecule has 0 heterocycles. The molecule has 0 radical (unpaired) electrons. The fourth-order valence-electron chi connectivity index (χ4n) is 2.34. The lowest BCUT2D eigenvalue weighted by Crippen LogP contribution is -2.24. The first kappa shape index (κ1) is 19.0. The van der Waals surface area contributed by atoms with Gasteiger partial charge >= 0.3 is 0 Å². The van der Waals surface area contributed by atoms with E-state index >= 15 is 0 Å². The number of carbonyl (C=O) groups excluding carboxylic acids is 1. The Labute approximate surface area is 167 Å². The normalized spacial score (nSPS) is 10.7. The van der Waals surface area contributed by atoms with E-state index in [9.17, 15) is 4.79 Å². The zero-order valence-corrected chi connectivity index (χ0v) is 15.7. The molecule has 0 atom stereocenters. The Morgan fingerprint density at radius 1 is 0.963 bits per heavy atom. The van der Waals surface area contributed by atoms with Crippen LogP contribution in [0.25, 0.3) is 11.1 Å². The zero-order chi connectivity index (χ0) is 19.1. The Bertz CT molecular complexity index is 942. The van der Waals surface area contributed by atoms with Crippen molar-refractivity contribution >= 4 is 35.3 Å². The molecule has 27 heavy (non-hydrogen) atoms. The van der Waals surface area contributed by atoms with Crippen LogP contribution in [0, 0.1) is 0 Å². The molecule has 1 amide bonds. The summed E-state index contributed by atoms with van der Waals surface area (Å²) in [6, 6.07) is 22.6. The average molecular weight is 399 g/mol. The van der Waals surface area contributed by atoms with E-state index < -0.39 is 0 Å². The van der Waals surface area contributed by atoms with E-state index in [-0.39, 0.29) is 12.5 Å². The molecule has 0 spiro atoms. The van der Waals surface area contributed by atoms with E-state index in [0.717, 1.165) is 11.1 Å². The molecule has 0 aromatic heterocycles. The van der Waals surface area contributed by atoms with E-state index in [0.29, 0.717) is 21.4 Å². The van der Waals surface area contributed by atoms with Crippen molar-refractivity contribution in [3.8, 4) is 16.9 Å². The number of ether oxygens (including phenoxy) is 1. The van der Waals surface area contributed by atoms with Crippen LogP contribution in [0.15, 0.2) is 77.9 Å². The van der Waals surface area contributed by atoms with Gasteiger partial charge in [0.25, 0.3) is 5.91 Å². The molecule has 6 heteroatoms. The van der Waals surface area contributed by atoms with Crippen molar-refractivity contribution in [3.63, 3.8) is 0 Å². The number of hydrogen-bond donors (Lipinski definition) is 1. The Morgan fingerprint density at radius 3 is 2.37 bits per heavy atom. The molecule has 3 aromatic carbocycles. The van der Waals surface area contributed by atoms with Crippen molar-refractivity contribution in [1.29, 1.82) is 0 Å². The maximum absolute atomic E-state index is 11.8. The average Bonchev–Trinajstić information content (AvgIpc) is 2.69. The van der Waals surface area contributed by atoms with Gasteiger partial charge in [-0.3, -0.25) is 4.79 Å². The largest absolute Gasteiger partial charge is 0.484 e. The van der Waals surface area contributed by atoms with Crippen molar-refractivity contribution in [1.82, 2.24) is 5.43 Å². The summed E-state index contributed by atoms with van der Waals surface area (Å²) in [7, 11) is 0. The van der Waals surface area contributed by atoms with Crippen molar-refractivity contribution in [2.75, 3.05) is 6.61 Å². The molecule has 0 fully saturated rings. The SMILES string of the molecule is O=C(COc1ccc(-c2ccccc2)cc1)NN=Cc1ccc(Cl)cc1Cl. The van der Waals surface area contributed by atoms with Crippen molar-refractivity contribution in [2.45, 2.75) is 0 Å². The fourth-order valence-corrected chi connectivity index (χ4v) is 2.79. The Balaban J connectivity index is 1.49. The molecule has 3 aromatic rings. The molecule has 0 saturated carbocycles. The van der Waals surface area contributed by atoms with Crippen LogP contribution in [-0.2, 0) is 4.79 Å². The van der Waals surface area contributed by atoms with E-state index in [1.165, 1.54) is 6.21 Å². The molecule has 4 nitrogen and oxygen atoms in total. The van der Waals surface area contributed by atoms with Gasteiger partial charge in [0.15, 0.2) is 6.61 Å². The monoisotopic (exact) mass is 398 g/mol. The topological polar surface area (TPSA) is 50.7 Å². The third-order valence-electron chi connectivity index (χ3n) is 3.69. The molecule has 0 aliphatic rings. The Morgan fingerprint density at radius 2 is 1.67 bits per heavy atom. The number of carbonyl (C=O) groups is 1. The first-order valence-electron chi connectivity index (χ1n) is 8.17. The van der Waals surface area contributed by atoms with Gasteiger partial charge in [-0.25, -0.2) is 5.43 Å². The molecule has 0 saturated heterocycles. The maximum Gasteiger partial charge on any atom is 0.277 e. The van der Waals surface area contributed by atoms with Crippen molar-refractivity contribution < 1.29 is 9.53 Å². The second kappa shape index (κ2) is 9.21. The summed E-state index contributed by atoms with van der Waals surface area (Å²) in [5, 5.41) is 4.86. The highest BCUT2D eigenvalue weighted by molar-refractivity contribution is 6.36. The lowest BCUT2D eigenvalue weighted by Gasteiger charge is -2.06. The summed E-state index contributed by atoms with van der Waals surface area (Å²) in [5.74, 6) is 0.234. The minimum Gasteiger partial charge on any atom is -0.484 e. The van der Waals surface area contributed by atoms with Gasteiger partial charge in [-0.2, -0.15) is 5.10 Å². The van der Waals surface area contributed by atoms with Crippen molar-refractivity contribution in [2.24, 2.45) is 5.10 Å². The predicted octanol–water partition coefficient (Wildman–Crippen LogP) is 5.19. The number of halogens is 2. The number of benzene rings is 3. The lowest BCUT2D eigenvalue weighted by atomic mass is 10.1.